The highest BCUT2D eigenvalue weighted by atomic mass is 35.5. The number of H-pyrrole nitrogens is 1. The maximum Gasteiger partial charge on any atom is 0.363 e. The Morgan fingerprint density at radius 2 is 2.04 bits per heavy atom. The summed E-state index contributed by atoms with van der Waals surface area (Å²) >= 11 is 5.91. The molecule has 1 aromatic heterocycles. The number of aromatic nitrogens is 3. The van der Waals surface area contributed by atoms with Crippen molar-refractivity contribution in [3.8, 4) is 11.5 Å². The Morgan fingerprint density at radius 1 is 1.25 bits per heavy atom. The largest absolute Gasteiger partial charge is 0.493 e. The summed E-state index contributed by atoms with van der Waals surface area (Å²) in [6.45, 7) is 2.04. The smallest absolute Gasteiger partial charge is 0.363 e. The molecule has 0 spiro atoms. The molecule has 0 aliphatic rings. The third-order valence-electron chi connectivity index (χ3n) is 3.78. The second kappa shape index (κ2) is 9.01. The number of hydrogen-bond donors (Lipinski definition) is 2. The number of nitrogens with zero attached hydrogens (tertiary/aromatic N) is 3. The molecule has 9 heteroatoms. The first-order chi connectivity index (χ1) is 13.6. The van der Waals surface area contributed by atoms with Gasteiger partial charge >= 0.3 is 5.69 Å². The summed E-state index contributed by atoms with van der Waals surface area (Å²) in [6, 6.07) is 12.9. The Labute approximate surface area is 166 Å². The normalized spacial score (nSPS) is 10.8. The number of methoxy groups -OCH3 is 1. The van der Waals surface area contributed by atoms with E-state index in [1.54, 1.807) is 38.4 Å². The van der Waals surface area contributed by atoms with Crippen LogP contribution in [0.2, 0.25) is 5.02 Å². The van der Waals surface area contributed by atoms with Crippen LogP contribution in [0.15, 0.2) is 52.4 Å². The average molecular weight is 400 g/mol. The van der Waals surface area contributed by atoms with Gasteiger partial charge in [-0.3, -0.25) is 5.43 Å². The minimum absolute atomic E-state index is 0.270. The van der Waals surface area contributed by atoms with Gasteiger partial charge in [0.15, 0.2) is 17.3 Å². The van der Waals surface area contributed by atoms with E-state index < -0.39 is 5.69 Å². The Morgan fingerprint density at radius 3 is 2.79 bits per heavy atom. The summed E-state index contributed by atoms with van der Waals surface area (Å²) in [5, 5.41) is 10.9. The lowest BCUT2D eigenvalue weighted by Gasteiger charge is -2.13. The van der Waals surface area contributed by atoms with E-state index in [2.05, 4.69) is 25.7 Å². The number of para-hydroxylation sites is 1. The van der Waals surface area contributed by atoms with E-state index in [0.29, 0.717) is 34.4 Å². The molecule has 2 aromatic carbocycles. The van der Waals surface area contributed by atoms with Crippen LogP contribution < -0.4 is 20.6 Å². The number of benzene rings is 2. The van der Waals surface area contributed by atoms with Crippen molar-refractivity contribution in [2.45, 2.75) is 13.5 Å². The van der Waals surface area contributed by atoms with Gasteiger partial charge in [-0.1, -0.05) is 29.8 Å². The van der Waals surface area contributed by atoms with Crippen molar-refractivity contribution in [2.24, 2.45) is 5.10 Å². The molecule has 8 nitrogen and oxygen atoms in total. The lowest BCUT2D eigenvalue weighted by molar-refractivity contribution is 0.284. The number of aryl methyl sites for hydroxylation is 1. The van der Waals surface area contributed by atoms with Crippen LogP contribution in [0.4, 0.5) is 5.82 Å². The number of anilines is 1. The second-order valence-corrected chi connectivity index (χ2v) is 6.17. The fourth-order valence-electron chi connectivity index (χ4n) is 2.35. The molecular weight excluding hydrogens is 382 g/mol. The zero-order chi connectivity index (χ0) is 19.9. The van der Waals surface area contributed by atoms with Gasteiger partial charge < -0.3 is 9.47 Å². The predicted molar refractivity (Wildman–Crippen MR) is 107 cm³/mol. The molecule has 2 N–H and O–H groups in total. The predicted octanol–water partition coefficient (Wildman–Crippen LogP) is 3.16. The van der Waals surface area contributed by atoms with Crippen molar-refractivity contribution >= 4 is 23.6 Å². The van der Waals surface area contributed by atoms with E-state index in [0.717, 1.165) is 5.56 Å². The first kappa shape index (κ1) is 19.4. The highest BCUT2D eigenvalue weighted by Crippen LogP contribution is 2.31. The van der Waals surface area contributed by atoms with E-state index in [9.17, 15) is 4.79 Å². The Hall–Kier alpha value is -3.39. The molecule has 3 rings (SSSR count). The maximum atomic E-state index is 11.3. The third-order valence-corrected chi connectivity index (χ3v) is 4.03. The van der Waals surface area contributed by atoms with E-state index >= 15 is 0 Å². The van der Waals surface area contributed by atoms with Gasteiger partial charge in [-0.2, -0.15) is 15.2 Å². The fourth-order valence-corrected chi connectivity index (χ4v) is 2.47. The lowest BCUT2D eigenvalue weighted by atomic mass is 10.2. The summed E-state index contributed by atoms with van der Waals surface area (Å²) < 4.78 is 11.4. The van der Waals surface area contributed by atoms with Crippen LogP contribution in [0.5, 0.6) is 11.5 Å². The quantitative estimate of drug-likeness (QED) is 0.467. The van der Waals surface area contributed by atoms with Gasteiger partial charge in [0, 0.05) is 10.6 Å². The topological polar surface area (TPSA) is 101 Å². The van der Waals surface area contributed by atoms with Crippen molar-refractivity contribution in [2.75, 3.05) is 12.5 Å². The van der Waals surface area contributed by atoms with Crippen LogP contribution in [0.25, 0.3) is 0 Å². The van der Waals surface area contributed by atoms with Gasteiger partial charge in [-0.15, -0.1) is 0 Å². The molecule has 0 atom stereocenters. The summed E-state index contributed by atoms with van der Waals surface area (Å²) in [7, 11) is 1.57. The maximum absolute atomic E-state index is 11.3. The Balaban J connectivity index is 1.79. The molecule has 0 bridgehead atoms. The highest BCUT2D eigenvalue weighted by Gasteiger charge is 2.10. The summed E-state index contributed by atoms with van der Waals surface area (Å²) in [4.78, 5) is 15.1. The highest BCUT2D eigenvalue weighted by molar-refractivity contribution is 6.30. The van der Waals surface area contributed by atoms with E-state index in [-0.39, 0.29) is 5.82 Å². The van der Waals surface area contributed by atoms with Gasteiger partial charge in [0.25, 0.3) is 0 Å². The zero-order valence-electron chi connectivity index (χ0n) is 15.3. The standard InChI is InChI=1S/C19H18ClN5O3/c1-12-18(22-19(26)25-23-12)24-21-10-14-4-3-5-16(27-2)17(14)28-11-13-6-8-15(20)9-7-13/h3-10H,11H2,1-2H3,(H2,22,24,25,26)/b21-10+. The van der Waals surface area contributed by atoms with E-state index in [1.165, 1.54) is 0 Å². The van der Waals surface area contributed by atoms with Crippen molar-refractivity contribution in [3.63, 3.8) is 0 Å². The lowest BCUT2D eigenvalue weighted by Crippen LogP contribution is -2.15. The molecule has 3 aromatic rings. The van der Waals surface area contributed by atoms with Crippen molar-refractivity contribution in [1.82, 2.24) is 15.2 Å². The second-order valence-electron chi connectivity index (χ2n) is 5.74. The average Bonchev–Trinajstić information content (AvgIpc) is 2.70. The third kappa shape index (κ3) is 4.86. The van der Waals surface area contributed by atoms with Crippen molar-refractivity contribution in [1.29, 1.82) is 0 Å². The van der Waals surface area contributed by atoms with Gasteiger partial charge in [-0.25, -0.2) is 9.89 Å². The summed E-state index contributed by atoms with van der Waals surface area (Å²) in [5.41, 5.74) is 4.32. The first-order valence-corrected chi connectivity index (χ1v) is 8.71. The van der Waals surface area contributed by atoms with Crippen molar-refractivity contribution in [3.05, 3.63) is 74.8 Å². The Kier molecular flexibility index (Phi) is 6.23. The van der Waals surface area contributed by atoms with Crippen LogP contribution in [0, 0.1) is 6.92 Å². The molecular formula is C19H18ClN5O3. The van der Waals surface area contributed by atoms with Crippen LogP contribution in [0.3, 0.4) is 0 Å². The molecule has 0 amide bonds. The number of aromatic amines is 1. The summed E-state index contributed by atoms with van der Waals surface area (Å²) in [6.07, 6.45) is 1.56. The van der Waals surface area contributed by atoms with Crippen LogP contribution in [-0.4, -0.2) is 28.5 Å². The molecule has 0 aliphatic heterocycles. The number of rotatable bonds is 7. The first-order valence-electron chi connectivity index (χ1n) is 8.33. The molecule has 0 unspecified atom stereocenters. The Bertz CT molecular complexity index is 1030. The molecule has 1 heterocycles. The number of nitrogens with one attached hydrogen (secondary N) is 2. The van der Waals surface area contributed by atoms with Crippen LogP contribution in [-0.2, 0) is 6.61 Å². The molecule has 0 fully saturated rings. The number of hydrazone groups is 1. The minimum Gasteiger partial charge on any atom is -0.493 e. The molecule has 0 saturated heterocycles. The van der Waals surface area contributed by atoms with Crippen molar-refractivity contribution < 1.29 is 9.47 Å². The minimum atomic E-state index is -0.559. The SMILES string of the molecule is COc1cccc(/C=N/Nc2nc(=O)[nH]nc2C)c1OCc1ccc(Cl)cc1. The monoisotopic (exact) mass is 399 g/mol. The molecule has 0 radical (unpaired) electrons. The zero-order valence-corrected chi connectivity index (χ0v) is 16.0. The van der Waals surface area contributed by atoms with Gasteiger partial charge in [0.1, 0.15) is 12.3 Å². The van der Waals surface area contributed by atoms with Gasteiger partial charge in [0.05, 0.1) is 13.3 Å². The molecule has 28 heavy (non-hydrogen) atoms. The molecule has 144 valence electrons. The fraction of sp³-hybridized carbons (Fsp3) is 0.158. The van der Waals surface area contributed by atoms with Gasteiger partial charge in [-0.05, 0) is 36.8 Å². The number of halogens is 1. The summed E-state index contributed by atoms with van der Waals surface area (Å²) in [5.74, 6) is 1.38. The van der Waals surface area contributed by atoms with E-state index in [4.69, 9.17) is 21.1 Å². The van der Waals surface area contributed by atoms with E-state index in [1.807, 2.05) is 24.3 Å². The molecule has 0 aliphatic carbocycles. The van der Waals surface area contributed by atoms with Gasteiger partial charge in [0.2, 0.25) is 0 Å². The number of hydrogen-bond acceptors (Lipinski definition) is 7. The van der Waals surface area contributed by atoms with Crippen LogP contribution >= 0.6 is 11.6 Å². The molecule has 0 saturated carbocycles. The number of ether oxygens (including phenoxy) is 2. The van der Waals surface area contributed by atoms with Crippen LogP contribution in [0.1, 0.15) is 16.8 Å².